The largest absolute Gasteiger partial charge is 0.502 e. The number of methoxy groups -OCH3 is 2. The second kappa shape index (κ2) is 12.7. The number of nitrogens with zero attached hydrogens (tertiary/aromatic N) is 2. The number of hydrogen-bond donors (Lipinski definition) is 1. The van der Waals surface area contributed by atoms with E-state index in [2.05, 4.69) is 37.0 Å². The lowest BCUT2D eigenvalue weighted by molar-refractivity contribution is -0.141. The van der Waals surface area contributed by atoms with Crippen molar-refractivity contribution in [3.63, 3.8) is 0 Å². The van der Waals surface area contributed by atoms with Crippen LogP contribution in [-0.4, -0.2) is 89.3 Å². The fourth-order valence-electron chi connectivity index (χ4n) is 5.98. The number of benzene rings is 2. The molecule has 5 rings (SSSR count). The summed E-state index contributed by atoms with van der Waals surface area (Å²) in [5, 5.41) is 10.5. The number of phenolic OH excluding ortho intramolecular Hbond substituents is 1. The molecular formula is C28H38Cl2N2O7. The molecule has 2 heterocycles. The molecule has 2 aliphatic heterocycles. The molecule has 1 N–H and O–H groups in total. The molecule has 2 aromatic carbocycles. The Kier molecular flexibility index (Phi) is 10.1. The van der Waals surface area contributed by atoms with Crippen molar-refractivity contribution in [2.24, 2.45) is 11.8 Å². The van der Waals surface area contributed by atoms with Crippen molar-refractivity contribution in [2.75, 3.05) is 68.4 Å². The highest BCUT2D eigenvalue weighted by Gasteiger charge is 2.52. The van der Waals surface area contributed by atoms with E-state index in [0.717, 1.165) is 48.5 Å². The van der Waals surface area contributed by atoms with Crippen molar-refractivity contribution in [1.29, 1.82) is 0 Å². The maximum Gasteiger partial charge on any atom is 0.310 e. The number of rotatable bonds is 9. The van der Waals surface area contributed by atoms with Crippen LogP contribution in [0.4, 0.5) is 0 Å². The molecule has 0 saturated carbocycles. The number of fused-ring (bicyclic) bond motifs is 3. The molecule has 4 atom stereocenters. The first-order chi connectivity index (χ1) is 17.8. The van der Waals surface area contributed by atoms with Crippen molar-refractivity contribution in [3.05, 3.63) is 41.0 Å². The number of ether oxygens (including phenoxy) is 5. The topological polar surface area (TPSA) is 89.9 Å². The molecule has 0 spiro atoms. The minimum atomic E-state index is -0.371. The molecule has 2 aromatic rings. The summed E-state index contributed by atoms with van der Waals surface area (Å²) in [4.78, 5) is 17.8. The highest BCUT2D eigenvalue weighted by atomic mass is 35.5. The van der Waals surface area contributed by atoms with Crippen LogP contribution in [0.2, 0.25) is 0 Å². The molecule has 0 radical (unpaired) electrons. The zero-order valence-electron chi connectivity index (χ0n) is 23.0. The molecule has 9 nitrogen and oxygen atoms in total. The first kappa shape index (κ1) is 30.9. The molecule has 4 unspecified atom stereocenters. The van der Waals surface area contributed by atoms with Crippen molar-refractivity contribution >= 4 is 30.8 Å². The Balaban J connectivity index is 0.00000210. The third-order valence-corrected chi connectivity index (χ3v) is 7.95. The predicted octanol–water partition coefficient (Wildman–Crippen LogP) is 3.88. The standard InChI is InChI=1S/C28H36N2O7.2ClH/c1-29(2)8-9-30(3)7-6-17-18-12-21-22(37-15-36-21)13-19(18)25(26-20(17)14-35-28(26)32)16-10-23(33-4)27(31)24(11-16)34-5;;/h10-13,17,20,25-26,31H,6-9,14-15H2,1-5H3;2*1H. The average molecular weight is 586 g/mol. The highest BCUT2D eigenvalue weighted by Crippen LogP contribution is 2.56. The molecule has 0 bridgehead atoms. The van der Waals surface area contributed by atoms with Gasteiger partial charge in [0.2, 0.25) is 12.5 Å². The second-order valence-electron chi connectivity index (χ2n) is 10.4. The molecule has 0 amide bonds. The van der Waals surface area contributed by atoms with Gasteiger partial charge in [-0.1, -0.05) is 0 Å². The lowest BCUT2D eigenvalue weighted by atomic mass is 9.62. The Bertz CT molecular complexity index is 1150. The van der Waals surface area contributed by atoms with Crippen molar-refractivity contribution in [2.45, 2.75) is 18.3 Å². The van der Waals surface area contributed by atoms with E-state index in [1.165, 1.54) is 14.2 Å². The lowest BCUT2D eigenvalue weighted by Gasteiger charge is -2.40. The maximum atomic E-state index is 13.3. The molecule has 216 valence electrons. The number of cyclic esters (lactones) is 1. The van der Waals surface area contributed by atoms with Crippen molar-refractivity contribution in [1.82, 2.24) is 9.80 Å². The fraction of sp³-hybridized carbons (Fsp3) is 0.536. The van der Waals surface area contributed by atoms with Gasteiger partial charge in [0.25, 0.3) is 0 Å². The third kappa shape index (κ3) is 5.82. The molecule has 3 aliphatic rings. The maximum absolute atomic E-state index is 13.3. The summed E-state index contributed by atoms with van der Waals surface area (Å²) in [6.07, 6.45) is 0.892. The highest BCUT2D eigenvalue weighted by molar-refractivity contribution is 5.85. The summed E-state index contributed by atoms with van der Waals surface area (Å²) < 4.78 is 28.1. The van der Waals surface area contributed by atoms with E-state index in [4.69, 9.17) is 23.7 Å². The lowest BCUT2D eigenvalue weighted by Crippen LogP contribution is -2.37. The molecule has 1 fully saturated rings. The average Bonchev–Trinajstić information content (AvgIpc) is 3.50. The summed E-state index contributed by atoms with van der Waals surface area (Å²) in [6, 6.07) is 7.67. The van der Waals surface area contributed by atoms with Gasteiger partial charge in [-0.3, -0.25) is 4.79 Å². The van der Waals surface area contributed by atoms with Crippen LogP contribution < -0.4 is 18.9 Å². The van der Waals surface area contributed by atoms with E-state index in [1.54, 1.807) is 12.1 Å². The normalized spacial score (nSPS) is 22.5. The summed E-state index contributed by atoms with van der Waals surface area (Å²) in [7, 11) is 9.29. The van der Waals surface area contributed by atoms with Crippen LogP contribution in [0.25, 0.3) is 0 Å². The number of carbonyl (C=O) groups excluding carboxylic acids is 1. The number of aromatic hydroxyl groups is 1. The minimum absolute atomic E-state index is 0. The van der Waals surface area contributed by atoms with Gasteiger partial charge in [-0.15, -0.1) is 24.8 Å². The monoisotopic (exact) mass is 584 g/mol. The summed E-state index contributed by atoms with van der Waals surface area (Å²) in [6.45, 7) is 3.40. The van der Waals surface area contributed by atoms with Gasteiger partial charge < -0.3 is 38.6 Å². The van der Waals surface area contributed by atoms with Gasteiger partial charge in [0.15, 0.2) is 23.0 Å². The van der Waals surface area contributed by atoms with E-state index in [0.29, 0.717) is 23.9 Å². The third-order valence-electron chi connectivity index (χ3n) is 7.95. The van der Waals surface area contributed by atoms with Crippen molar-refractivity contribution < 1.29 is 33.6 Å². The molecule has 39 heavy (non-hydrogen) atoms. The van der Waals surface area contributed by atoms with Crippen LogP contribution in [0.3, 0.4) is 0 Å². The SMILES string of the molecule is COc1cc(C2c3cc4c(cc3C(CCN(C)CCN(C)C)C3COC(=O)C23)OCO4)cc(OC)c1O.Cl.Cl. The smallest absolute Gasteiger partial charge is 0.310 e. The number of likely N-dealkylation sites (N-methyl/N-ethyl adjacent to an activating group) is 2. The van der Waals surface area contributed by atoms with Gasteiger partial charge in [0, 0.05) is 24.9 Å². The Morgan fingerprint density at radius 1 is 0.897 bits per heavy atom. The van der Waals surface area contributed by atoms with Gasteiger partial charge in [-0.05, 0) is 81.0 Å². The van der Waals surface area contributed by atoms with E-state index in [9.17, 15) is 9.90 Å². The second-order valence-corrected chi connectivity index (χ2v) is 10.4. The predicted molar refractivity (Wildman–Crippen MR) is 151 cm³/mol. The van der Waals surface area contributed by atoms with E-state index in [-0.39, 0.29) is 67.0 Å². The van der Waals surface area contributed by atoms with Crippen LogP contribution in [0.5, 0.6) is 28.7 Å². The quantitative estimate of drug-likeness (QED) is 0.441. The van der Waals surface area contributed by atoms with E-state index >= 15 is 0 Å². The van der Waals surface area contributed by atoms with Gasteiger partial charge >= 0.3 is 5.97 Å². The number of halogens is 2. The number of esters is 1. The minimum Gasteiger partial charge on any atom is -0.502 e. The van der Waals surface area contributed by atoms with Crippen LogP contribution in [0, 0.1) is 11.8 Å². The number of phenols is 1. The van der Waals surface area contributed by atoms with Crippen molar-refractivity contribution in [3.8, 4) is 28.7 Å². The van der Waals surface area contributed by atoms with Gasteiger partial charge in [-0.2, -0.15) is 0 Å². The van der Waals surface area contributed by atoms with E-state index in [1.807, 2.05) is 6.07 Å². The first-order valence-electron chi connectivity index (χ1n) is 12.7. The molecule has 1 saturated heterocycles. The number of carbonyl (C=O) groups is 1. The molecular weight excluding hydrogens is 547 g/mol. The number of hydrogen-bond acceptors (Lipinski definition) is 9. The van der Waals surface area contributed by atoms with Gasteiger partial charge in [0.05, 0.1) is 26.7 Å². The molecule has 11 heteroatoms. The summed E-state index contributed by atoms with van der Waals surface area (Å²) >= 11 is 0. The van der Waals surface area contributed by atoms with Crippen LogP contribution in [-0.2, 0) is 9.53 Å². The zero-order valence-corrected chi connectivity index (χ0v) is 24.6. The summed E-state index contributed by atoms with van der Waals surface area (Å²) in [5.41, 5.74) is 2.99. The summed E-state index contributed by atoms with van der Waals surface area (Å²) in [5.74, 6) is 1.18. The molecule has 1 aliphatic carbocycles. The van der Waals surface area contributed by atoms with Crippen LogP contribution >= 0.6 is 24.8 Å². The zero-order chi connectivity index (χ0) is 26.3. The van der Waals surface area contributed by atoms with Gasteiger partial charge in [0.1, 0.15) is 0 Å². The van der Waals surface area contributed by atoms with Crippen LogP contribution in [0.1, 0.15) is 34.9 Å². The Labute approximate surface area is 242 Å². The van der Waals surface area contributed by atoms with Gasteiger partial charge in [-0.25, -0.2) is 0 Å². The van der Waals surface area contributed by atoms with E-state index < -0.39 is 0 Å². The van der Waals surface area contributed by atoms with Crippen LogP contribution in [0.15, 0.2) is 24.3 Å². The fourth-order valence-corrected chi connectivity index (χ4v) is 5.98. The Morgan fingerprint density at radius 2 is 1.51 bits per heavy atom. The Morgan fingerprint density at radius 3 is 2.10 bits per heavy atom. The Hall–Kier alpha value is -2.59. The first-order valence-corrected chi connectivity index (χ1v) is 12.7. The molecule has 0 aromatic heterocycles.